The van der Waals surface area contributed by atoms with Crippen LogP contribution in [0.1, 0.15) is 27.4 Å². The molecular formula is C24H14Cl5F3N2O2. The molecule has 3 N–H and O–H groups in total. The predicted molar refractivity (Wildman–Crippen MR) is 136 cm³/mol. The van der Waals surface area contributed by atoms with Gasteiger partial charge in [-0.1, -0.05) is 40.9 Å². The van der Waals surface area contributed by atoms with Crippen molar-refractivity contribution in [3.8, 4) is 0 Å². The predicted octanol–water partition coefficient (Wildman–Crippen LogP) is 7.60. The van der Waals surface area contributed by atoms with Crippen molar-refractivity contribution in [2.75, 3.05) is 11.1 Å². The molecule has 3 aromatic rings. The molecule has 0 spiro atoms. The number of nitrogens with one attached hydrogen (secondary N) is 1. The van der Waals surface area contributed by atoms with Crippen LogP contribution < -0.4 is 11.1 Å². The van der Waals surface area contributed by atoms with Gasteiger partial charge >= 0.3 is 0 Å². The molecule has 2 unspecified atom stereocenters. The fraction of sp³-hybridized carbons (Fsp3) is 0.167. The number of anilines is 2. The van der Waals surface area contributed by atoms with Gasteiger partial charge in [0.05, 0.1) is 32.2 Å². The van der Waals surface area contributed by atoms with Gasteiger partial charge in [0.15, 0.2) is 5.82 Å². The summed E-state index contributed by atoms with van der Waals surface area (Å²) < 4.78 is 40.1. The van der Waals surface area contributed by atoms with E-state index in [1.807, 2.05) is 0 Å². The summed E-state index contributed by atoms with van der Waals surface area (Å²) in [5.41, 5.74) is 4.88. The van der Waals surface area contributed by atoms with Crippen molar-refractivity contribution in [3.63, 3.8) is 0 Å². The molecule has 1 amide bonds. The third-order valence-electron chi connectivity index (χ3n) is 5.79. The number of rotatable bonds is 6. The van der Waals surface area contributed by atoms with E-state index >= 15 is 0 Å². The third kappa shape index (κ3) is 5.00. The van der Waals surface area contributed by atoms with Crippen LogP contribution in [0.2, 0.25) is 15.1 Å². The third-order valence-corrected chi connectivity index (χ3v) is 7.84. The lowest BCUT2D eigenvalue weighted by Crippen LogP contribution is -2.16. The van der Waals surface area contributed by atoms with Gasteiger partial charge in [-0.3, -0.25) is 9.59 Å². The Labute approximate surface area is 228 Å². The Kier molecular flexibility index (Phi) is 7.43. The standard InChI is InChI=1S/C24H14Cl5F3N2O2/c25-12-2-1-9(5-11(12)23(36)34-16-4-3-14(30)22(33)21(16)32)6-17(35)19-18(24(19,28)29)10-7-13(26)20(27)15(31)8-10/h1-5,7-8,18-19H,6,33H2,(H,34,36). The molecule has 1 aliphatic rings. The van der Waals surface area contributed by atoms with E-state index in [1.165, 1.54) is 24.3 Å². The number of nitrogens with two attached hydrogens (primary N) is 1. The van der Waals surface area contributed by atoms with Crippen LogP contribution in [-0.4, -0.2) is 16.0 Å². The molecule has 1 aliphatic carbocycles. The van der Waals surface area contributed by atoms with Crippen LogP contribution in [0.3, 0.4) is 0 Å². The minimum atomic E-state index is -1.49. The summed E-state index contributed by atoms with van der Waals surface area (Å²) in [5, 5.41) is 2.01. The van der Waals surface area contributed by atoms with E-state index in [9.17, 15) is 22.8 Å². The first-order valence-corrected chi connectivity index (χ1v) is 12.1. The maximum atomic E-state index is 14.2. The summed E-state index contributed by atoms with van der Waals surface area (Å²) in [6, 6.07) is 8.70. The zero-order valence-corrected chi connectivity index (χ0v) is 21.6. The Balaban J connectivity index is 1.53. The lowest BCUT2D eigenvalue weighted by atomic mass is 10.0. The Morgan fingerprint density at radius 3 is 2.31 bits per heavy atom. The number of benzene rings is 3. The number of halogens is 8. The number of nitrogen functional groups attached to an aromatic ring is 1. The van der Waals surface area contributed by atoms with Crippen molar-refractivity contribution in [3.05, 3.63) is 91.7 Å². The first-order chi connectivity index (χ1) is 16.8. The average molecular weight is 597 g/mol. The van der Waals surface area contributed by atoms with Crippen molar-refractivity contribution in [2.24, 2.45) is 5.92 Å². The highest BCUT2D eigenvalue weighted by molar-refractivity contribution is 6.53. The number of amides is 1. The lowest BCUT2D eigenvalue weighted by molar-refractivity contribution is -0.119. The van der Waals surface area contributed by atoms with E-state index in [0.717, 1.165) is 18.2 Å². The van der Waals surface area contributed by atoms with Crippen LogP contribution in [0.15, 0.2) is 42.5 Å². The van der Waals surface area contributed by atoms with E-state index in [2.05, 4.69) is 5.32 Å². The van der Waals surface area contributed by atoms with Gasteiger partial charge in [-0.15, -0.1) is 23.2 Å². The van der Waals surface area contributed by atoms with Crippen molar-refractivity contribution in [1.82, 2.24) is 0 Å². The molecule has 0 bridgehead atoms. The van der Waals surface area contributed by atoms with Crippen LogP contribution in [0.25, 0.3) is 0 Å². The van der Waals surface area contributed by atoms with Crippen molar-refractivity contribution in [2.45, 2.75) is 16.7 Å². The van der Waals surface area contributed by atoms with Crippen molar-refractivity contribution in [1.29, 1.82) is 0 Å². The molecule has 0 saturated heterocycles. The molecule has 4 nitrogen and oxygen atoms in total. The normalized spacial score (nSPS) is 18.1. The largest absolute Gasteiger partial charge is 0.394 e. The highest BCUT2D eigenvalue weighted by atomic mass is 35.5. The van der Waals surface area contributed by atoms with Gasteiger partial charge in [-0.25, -0.2) is 13.2 Å². The zero-order chi connectivity index (χ0) is 26.5. The topological polar surface area (TPSA) is 72.2 Å². The summed E-state index contributed by atoms with van der Waals surface area (Å²) in [6.07, 6.45) is -0.179. The molecular weight excluding hydrogens is 583 g/mol. The first-order valence-electron chi connectivity index (χ1n) is 10.2. The summed E-state index contributed by atoms with van der Waals surface area (Å²) in [7, 11) is 0. The minimum absolute atomic E-state index is 0.0267. The average Bonchev–Trinajstić information content (AvgIpc) is 3.40. The molecule has 1 fully saturated rings. The van der Waals surface area contributed by atoms with Crippen LogP contribution in [0, 0.1) is 23.4 Å². The van der Waals surface area contributed by atoms with Gasteiger partial charge in [0.25, 0.3) is 5.91 Å². The Hall–Kier alpha value is -2.16. The molecule has 0 heterocycles. The molecule has 188 valence electrons. The van der Waals surface area contributed by atoms with E-state index in [-0.39, 0.29) is 38.5 Å². The lowest BCUT2D eigenvalue weighted by Gasteiger charge is -2.11. The molecule has 3 aromatic carbocycles. The molecule has 0 aliphatic heterocycles. The van der Waals surface area contributed by atoms with Gasteiger partial charge in [0.2, 0.25) is 0 Å². The van der Waals surface area contributed by atoms with Crippen LogP contribution in [-0.2, 0) is 11.2 Å². The molecule has 1 saturated carbocycles. The first kappa shape index (κ1) is 26.9. The van der Waals surface area contributed by atoms with Gasteiger partial charge in [-0.05, 0) is 47.5 Å². The Morgan fingerprint density at radius 1 is 0.944 bits per heavy atom. The number of hydrogen-bond acceptors (Lipinski definition) is 3. The van der Waals surface area contributed by atoms with Crippen LogP contribution in [0.5, 0.6) is 0 Å². The SMILES string of the molecule is Nc1c(F)ccc(NC(=O)c2cc(CC(=O)C3C(c4cc(F)c(Cl)c(Cl)c4)C3(Cl)Cl)ccc2Cl)c1F. The van der Waals surface area contributed by atoms with E-state index in [4.69, 9.17) is 63.7 Å². The second-order valence-electron chi connectivity index (χ2n) is 8.16. The smallest absolute Gasteiger partial charge is 0.257 e. The summed E-state index contributed by atoms with van der Waals surface area (Å²) in [5.74, 6) is -5.65. The van der Waals surface area contributed by atoms with Gasteiger partial charge < -0.3 is 11.1 Å². The number of hydrogen-bond donors (Lipinski definition) is 2. The van der Waals surface area contributed by atoms with Crippen molar-refractivity contribution >= 4 is 81.1 Å². The number of alkyl halides is 2. The highest BCUT2D eigenvalue weighted by Gasteiger charge is 2.67. The molecule has 0 aromatic heterocycles. The van der Waals surface area contributed by atoms with E-state index in [0.29, 0.717) is 11.1 Å². The number of ketones is 1. The van der Waals surface area contributed by atoms with Crippen molar-refractivity contribution < 1.29 is 22.8 Å². The maximum absolute atomic E-state index is 14.2. The molecule has 0 radical (unpaired) electrons. The molecule has 2 atom stereocenters. The molecule has 36 heavy (non-hydrogen) atoms. The van der Waals surface area contributed by atoms with Gasteiger partial charge in [0, 0.05) is 12.3 Å². The minimum Gasteiger partial charge on any atom is -0.394 e. The zero-order valence-electron chi connectivity index (χ0n) is 17.8. The number of carbonyl (C=O) groups excluding carboxylic acids is 2. The van der Waals surface area contributed by atoms with Gasteiger partial charge in [0.1, 0.15) is 27.4 Å². The van der Waals surface area contributed by atoms with Crippen LogP contribution >= 0.6 is 58.0 Å². The summed E-state index contributed by atoms with van der Waals surface area (Å²) >= 11 is 30.5. The summed E-state index contributed by atoms with van der Waals surface area (Å²) in [4.78, 5) is 25.7. The summed E-state index contributed by atoms with van der Waals surface area (Å²) in [6.45, 7) is 0. The van der Waals surface area contributed by atoms with E-state index in [1.54, 1.807) is 0 Å². The monoisotopic (exact) mass is 594 g/mol. The second kappa shape index (κ2) is 9.95. The quantitative estimate of drug-likeness (QED) is 0.175. The number of carbonyl (C=O) groups is 2. The molecule has 12 heteroatoms. The fourth-order valence-corrected chi connectivity index (χ4v) is 5.32. The second-order valence-corrected chi connectivity index (χ2v) is 10.8. The maximum Gasteiger partial charge on any atom is 0.257 e. The molecule has 4 rings (SSSR count). The van der Waals surface area contributed by atoms with E-state index < -0.39 is 45.2 Å². The van der Waals surface area contributed by atoms with Gasteiger partial charge in [-0.2, -0.15) is 0 Å². The Bertz CT molecular complexity index is 1390. The van der Waals surface area contributed by atoms with Crippen LogP contribution in [0.4, 0.5) is 24.5 Å². The fourth-order valence-electron chi connectivity index (χ4n) is 3.92. The Morgan fingerprint density at radius 2 is 1.64 bits per heavy atom. The number of Topliss-reactive ketones (excluding diaryl/α,β-unsaturated/α-hetero) is 1. The highest BCUT2D eigenvalue weighted by Crippen LogP contribution is 2.65.